The van der Waals surface area contributed by atoms with E-state index in [1.165, 1.54) is 11.8 Å². The van der Waals surface area contributed by atoms with Gasteiger partial charge in [0.2, 0.25) is 5.91 Å². The average Bonchev–Trinajstić information content (AvgIpc) is 2.69. The Morgan fingerprint density at radius 3 is 2.53 bits per heavy atom. The van der Waals surface area contributed by atoms with Crippen LogP contribution in [0.25, 0.3) is 0 Å². The highest BCUT2D eigenvalue weighted by Crippen LogP contribution is 2.18. The van der Waals surface area contributed by atoms with Gasteiger partial charge in [-0.2, -0.15) is 5.10 Å². The van der Waals surface area contributed by atoms with Gasteiger partial charge in [0.05, 0.1) is 11.5 Å². The van der Waals surface area contributed by atoms with Gasteiger partial charge in [-0.1, -0.05) is 23.9 Å². The molecule has 1 aromatic rings. The third kappa shape index (κ3) is 3.57. The van der Waals surface area contributed by atoms with Crippen molar-refractivity contribution in [3.63, 3.8) is 0 Å². The van der Waals surface area contributed by atoms with Crippen LogP contribution in [-0.2, 0) is 4.79 Å². The summed E-state index contributed by atoms with van der Waals surface area (Å²) < 4.78 is 0. The molecule has 0 bridgehead atoms. The van der Waals surface area contributed by atoms with Gasteiger partial charge in [-0.05, 0) is 24.6 Å². The molecule has 1 N–H and O–H groups in total. The lowest BCUT2D eigenvalue weighted by molar-refractivity contribution is -0.118. The Labute approximate surface area is 116 Å². The summed E-state index contributed by atoms with van der Waals surface area (Å²) in [6.07, 6.45) is 1.67. The molecule has 1 saturated heterocycles. The number of carbonyl (C=O) groups is 1. The van der Waals surface area contributed by atoms with E-state index in [2.05, 4.69) is 15.5 Å². The molecule has 1 amide bonds. The predicted octanol–water partition coefficient (Wildman–Crippen LogP) is 1.69. The SMILES string of the molecule is CC1S/C(=N\N=Cc2ccc(N(C)C)cc2)NC1=O. The number of rotatable bonds is 3. The molecule has 0 aromatic heterocycles. The number of carbonyl (C=O) groups excluding carboxylic acids is 1. The first-order valence-corrected chi connectivity index (χ1v) is 6.80. The third-order valence-corrected chi connectivity index (χ3v) is 3.63. The second-order valence-electron chi connectivity index (χ2n) is 4.39. The van der Waals surface area contributed by atoms with E-state index in [0.717, 1.165) is 11.3 Å². The van der Waals surface area contributed by atoms with Crippen LogP contribution in [0.5, 0.6) is 0 Å². The zero-order valence-electron chi connectivity index (χ0n) is 11.1. The largest absolute Gasteiger partial charge is 0.378 e. The first-order chi connectivity index (χ1) is 9.06. The lowest BCUT2D eigenvalue weighted by Gasteiger charge is -2.11. The maximum atomic E-state index is 11.2. The van der Waals surface area contributed by atoms with Crippen LogP contribution >= 0.6 is 11.8 Å². The first kappa shape index (κ1) is 13.6. The maximum Gasteiger partial charge on any atom is 0.239 e. The molecule has 1 atom stereocenters. The lowest BCUT2D eigenvalue weighted by Crippen LogP contribution is -2.23. The highest BCUT2D eigenvalue weighted by molar-refractivity contribution is 8.15. The van der Waals surface area contributed by atoms with E-state index in [0.29, 0.717) is 5.17 Å². The predicted molar refractivity (Wildman–Crippen MR) is 81.0 cm³/mol. The van der Waals surface area contributed by atoms with Crippen molar-refractivity contribution in [2.24, 2.45) is 10.2 Å². The van der Waals surface area contributed by atoms with Gasteiger partial charge < -0.3 is 10.2 Å². The van der Waals surface area contributed by atoms with Crippen LogP contribution in [0.15, 0.2) is 34.5 Å². The second kappa shape index (κ2) is 5.88. The van der Waals surface area contributed by atoms with Crippen molar-refractivity contribution >= 4 is 34.7 Å². The van der Waals surface area contributed by atoms with Crippen LogP contribution in [0.1, 0.15) is 12.5 Å². The number of hydrogen-bond acceptors (Lipinski definition) is 5. The average molecular weight is 276 g/mol. The number of hydrogen-bond donors (Lipinski definition) is 1. The molecule has 1 unspecified atom stereocenters. The van der Waals surface area contributed by atoms with Gasteiger partial charge in [0.15, 0.2) is 5.17 Å². The Balaban J connectivity index is 1.99. The maximum absolute atomic E-state index is 11.2. The number of thioether (sulfide) groups is 1. The zero-order chi connectivity index (χ0) is 13.8. The Morgan fingerprint density at radius 2 is 2.00 bits per heavy atom. The van der Waals surface area contributed by atoms with E-state index < -0.39 is 0 Å². The molecule has 2 rings (SSSR count). The third-order valence-electron chi connectivity index (χ3n) is 2.65. The van der Waals surface area contributed by atoms with Crippen molar-refractivity contribution in [3.05, 3.63) is 29.8 Å². The fourth-order valence-corrected chi connectivity index (χ4v) is 2.27. The van der Waals surface area contributed by atoms with E-state index in [1.54, 1.807) is 6.21 Å². The Kier molecular flexibility index (Phi) is 4.21. The van der Waals surface area contributed by atoms with Crippen molar-refractivity contribution in [1.29, 1.82) is 0 Å². The van der Waals surface area contributed by atoms with E-state index in [1.807, 2.05) is 50.2 Å². The Bertz CT molecular complexity index is 522. The van der Waals surface area contributed by atoms with E-state index >= 15 is 0 Å². The summed E-state index contributed by atoms with van der Waals surface area (Å²) in [4.78, 5) is 13.3. The quantitative estimate of drug-likeness (QED) is 0.675. The Morgan fingerprint density at radius 1 is 1.32 bits per heavy atom. The highest BCUT2D eigenvalue weighted by atomic mass is 32.2. The molecule has 1 aliphatic heterocycles. The minimum atomic E-state index is -0.0895. The summed E-state index contributed by atoms with van der Waals surface area (Å²) in [5, 5.41) is 11.1. The van der Waals surface area contributed by atoms with Gasteiger partial charge in [0.1, 0.15) is 0 Å². The van der Waals surface area contributed by atoms with Crippen molar-refractivity contribution < 1.29 is 4.79 Å². The van der Waals surface area contributed by atoms with Gasteiger partial charge in [-0.3, -0.25) is 4.79 Å². The molecule has 0 radical (unpaired) electrons. The summed E-state index contributed by atoms with van der Waals surface area (Å²) in [5.41, 5.74) is 2.10. The number of amides is 1. The monoisotopic (exact) mass is 276 g/mol. The molecule has 1 fully saturated rings. The zero-order valence-corrected chi connectivity index (χ0v) is 11.9. The fraction of sp³-hybridized carbons (Fsp3) is 0.308. The first-order valence-electron chi connectivity index (χ1n) is 5.92. The molecule has 100 valence electrons. The lowest BCUT2D eigenvalue weighted by atomic mass is 10.2. The molecule has 1 aliphatic rings. The summed E-state index contributed by atoms with van der Waals surface area (Å²) in [7, 11) is 3.99. The number of amidine groups is 1. The number of benzene rings is 1. The summed E-state index contributed by atoms with van der Waals surface area (Å²) >= 11 is 1.38. The molecular formula is C13H16N4OS. The van der Waals surface area contributed by atoms with E-state index in [4.69, 9.17) is 0 Å². The van der Waals surface area contributed by atoms with Crippen LogP contribution in [0.4, 0.5) is 5.69 Å². The molecule has 1 aromatic carbocycles. The minimum Gasteiger partial charge on any atom is -0.378 e. The molecule has 0 aliphatic carbocycles. The van der Waals surface area contributed by atoms with Crippen molar-refractivity contribution in [3.8, 4) is 0 Å². The standard InChI is InChI=1S/C13H16N4OS/c1-9-12(18)15-13(19-9)16-14-8-10-4-6-11(7-5-10)17(2)3/h4-9H,1-3H3,(H,15,16,18). The summed E-state index contributed by atoms with van der Waals surface area (Å²) in [6, 6.07) is 7.98. The molecular weight excluding hydrogens is 260 g/mol. The van der Waals surface area contributed by atoms with Gasteiger partial charge in [0.25, 0.3) is 0 Å². The van der Waals surface area contributed by atoms with Crippen LogP contribution < -0.4 is 10.2 Å². The van der Waals surface area contributed by atoms with Gasteiger partial charge >= 0.3 is 0 Å². The van der Waals surface area contributed by atoms with Crippen LogP contribution in [0.2, 0.25) is 0 Å². The van der Waals surface area contributed by atoms with Gasteiger partial charge in [0, 0.05) is 19.8 Å². The highest BCUT2D eigenvalue weighted by Gasteiger charge is 2.25. The van der Waals surface area contributed by atoms with Gasteiger partial charge in [-0.15, -0.1) is 5.10 Å². The fourth-order valence-electron chi connectivity index (χ4n) is 1.51. The molecule has 19 heavy (non-hydrogen) atoms. The number of nitrogens with zero attached hydrogens (tertiary/aromatic N) is 3. The number of anilines is 1. The van der Waals surface area contributed by atoms with Crippen molar-refractivity contribution in [2.75, 3.05) is 19.0 Å². The van der Waals surface area contributed by atoms with E-state index in [-0.39, 0.29) is 11.2 Å². The molecule has 1 heterocycles. The van der Waals surface area contributed by atoms with Crippen molar-refractivity contribution in [2.45, 2.75) is 12.2 Å². The summed E-state index contributed by atoms with van der Waals surface area (Å²) in [6.45, 7) is 1.84. The van der Waals surface area contributed by atoms with Crippen LogP contribution in [0.3, 0.4) is 0 Å². The smallest absolute Gasteiger partial charge is 0.239 e. The minimum absolute atomic E-state index is 0.0192. The molecule has 0 saturated carbocycles. The molecule has 6 heteroatoms. The topological polar surface area (TPSA) is 57.1 Å². The molecule has 5 nitrogen and oxygen atoms in total. The van der Waals surface area contributed by atoms with Gasteiger partial charge in [-0.25, -0.2) is 0 Å². The van der Waals surface area contributed by atoms with E-state index in [9.17, 15) is 4.79 Å². The number of nitrogens with one attached hydrogen (secondary N) is 1. The van der Waals surface area contributed by atoms with Crippen LogP contribution in [0, 0.1) is 0 Å². The molecule has 0 spiro atoms. The Hall–Kier alpha value is -1.82. The van der Waals surface area contributed by atoms with Crippen molar-refractivity contribution in [1.82, 2.24) is 5.32 Å². The second-order valence-corrected chi connectivity index (χ2v) is 5.71. The normalized spacial score (nSPS) is 21.1. The van der Waals surface area contributed by atoms with Crippen LogP contribution in [-0.4, -0.2) is 36.6 Å². The summed E-state index contributed by atoms with van der Waals surface area (Å²) in [5.74, 6) is -0.0192.